The fraction of sp³-hybridized carbons (Fsp3) is 0.268. The Kier molecular flexibility index (Phi) is 7.98. The molecule has 0 atom stereocenters. The van der Waals surface area contributed by atoms with Crippen LogP contribution in [0, 0.1) is 20.8 Å². The minimum atomic E-state index is -0.562. The molecule has 49 heavy (non-hydrogen) atoms. The molecule has 0 unspecified atom stereocenters. The molecule has 0 radical (unpaired) electrons. The predicted molar refractivity (Wildman–Crippen MR) is 191 cm³/mol. The van der Waals surface area contributed by atoms with Gasteiger partial charge in [0.2, 0.25) is 0 Å². The van der Waals surface area contributed by atoms with Crippen molar-refractivity contribution < 1.29 is 29.4 Å². The Morgan fingerprint density at radius 1 is 0.571 bits per heavy atom. The second-order valence-electron chi connectivity index (χ2n) is 13.3. The molecule has 0 saturated carbocycles. The lowest BCUT2D eigenvalue weighted by Gasteiger charge is -2.31. The van der Waals surface area contributed by atoms with Crippen molar-refractivity contribution in [1.29, 1.82) is 0 Å². The number of phenolic OH excluding ortho intramolecular Hbond substituents is 2. The van der Waals surface area contributed by atoms with Gasteiger partial charge in [0.15, 0.2) is 0 Å². The number of amides is 4. The molecule has 8 nitrogen and oxygen atoms in total. The molecule has 0 saturated heterocycles. The molecule has 2 aliphatic rings. The van der Waals surface area contributed by atoms with Gasteiger partial charge < -0.3 is 10.2 Å². The molecule has 2 heterocycles. The van der Waals surface area contributed by atoms with E-state index in [-0.39, 0.29) is 39.3 Å². The van der Waals surface area contributed by atoms with E-state index in [0.717, 1.165) is 48.8 Å². The number of hydrogen-bond donors (Lipinski definition) is 2. The molecule has 8 heteroatoms. The van der Waals surface area contributed by atoms with E-state index in [0.29, 0.717) is 45.8 Å². The minimum Gasteiger partial charge on any atom is -0.507 e. The number of phenols is 2. The van der Waals surface area contributed by atoms with Gasteiger partial charge in [-0.25, -0.2) is 4.90 Å². The Hall–Kier alpha value is -5.50. The van der Waals surface area contributed by atoms with Crippen molar-refractivity contribution in [3.05, 3.63) is 99.6 Å². The number of rotatable bonds is 9. The van der Waals surface area contributed by atoms with Crippen molar-refractivity contribution in [3.63, 3.8) is 0 Å². The number of unbranched alkanes of at least 4 members (excludes halogenated alkanes) is 5. The maximum atomic E-state index is 14.1. The van der Waals surface area contributed by atoms with Gasteiger partial charge in [0.05, 0.1) is 16.8 Å². The number of hydrogen-bond acceptors (Lipinski definition) is 6. The number of carbonyl (C=O) groups excluding carboxylic acids is 4. The number of imide groups is 2. The molecule has 0 fully saturated rings. The standard InChI is InChI=1S/C41H38N2O6/c1-5-6-7-8-9-10-17-42-38(46)27-15-11-13-25-33(27)29(39(42)47)20-31(44)35(25)36-26-14-12-16-28-34(26)30(21-32(36)45)41(49)43(40(28)48)37-23(3)18-22(2)19-24(37)4/h11-16,18-21,44-45H,5-10,17H2,1-4H3. The van der Waals surface area contributed by atoms with Crippen molar-refractivity contribution in [2.24, 2.45) is 0 Å². The van der Waals surface area contributed by atoms with Gasteiger partial charge in [-0.15, -0.1) is 0 Å². The van der Waals surface area contributed by atoms with Crippen LogP contribution in [0.3, 0.4) is 0 Å². The molecule has 0 bridgehead atoms. The highest BCUT2D eigenvalue weighted by Gasteiger charge is 2.39. The molecule has 0 spiro atoms. The first kappa shape index (κ1) is 32.1. The third kappa shape index (κ3) is 4.96. The number of carbonyl (C=O) groups is 4. The Morgan fingerprint density at radius 2 is 1.04 bits per heavy atom. The highest BCUT2D eigenvalue weighted by molar-refractivity contribution is 6.37. The van der Waals surface area contributed by atoms with Crippen molar-refractivity contribution in [2.75, 3.05) is 11.4 Å². The van der Waals surface area contributed by atoms with Crippen LogP contribution in [0.1, 0.15) is 104 Å². The zero-order valence-corrected chi connectivity index (χ0v) is 28.1. The lowest BCUT2D eigenvalue weighted by Crippen LogP contribution is -2.41. The Bertz CT molecular complexity index is 2250. The van der Waals surface area contributed by atoms with Gasteiger partial charge in [-0.3, -0.25) is 24.1 Å². The zero-order valence-electron chi connectivity index (χ0n) is 28.1. The third-order valence-electron chi connectivity index (χ3n) is 9.94. The van der Waals surface area contributed by atoms with E-state index >= 15 is 0 Å². The molecule has 7 rings (SSSR count). The second-order valence-corrected chi connectivity index (χ2v) is 13.3. The maximum Gasteiger partial charge on any atom is 0.266 e. The van der Waals surface area contributed by atoms with Crippen molar-refractivity contribution >= 4 is 50.9 Å². The van der Waals surface area contributed by atoms with Gasteiger partial charge in [-0.05, 0) is 73.4 Å². The Balaban J connectivity index is 1.36. The predicted octanol–water partition coefficient (Wildman–Crippen LogP) is 8.75. The molecule has 0 aromatic heterocycles. The summed E-state index contributed by atoms with van der Waals surface area (Å²) in [6.45, 7) is 8.11. The van der Waals surface area contributed by atoms with Gasteiger partial charge in [0, 0.05) is 39.6 Å². The summed E-state index contributed by atoms with van der Waals surface area (Å²) < 4.78 is 0. The fourth-order valence-electron chi connectivity index (χ4n) is 7.86. The lowest BCUT2D eigenvalue weighted by molar-refractivity contribution is 0.0606. The van der Waals surface area contributed by atoms with Gasteiger partial charge in [0.1, 0.15) is 11.5 Å². The van der Waals surface area contributed by atoms with Crippen molar-refractivity contribution in [1.82, 2.24) is 4.90 Å². The van der Waals surface area contributed by atoms with Crippen LogP contribution in [0.2, 0.25) is 0 Å². The highest BCUT2D eigenvalue weighted by atomic mass is 16.3. The number of anilines is 1. The van der Waals surface area contributed by atoms with E-state index in [1.54, 1.807) is 36.4 Å². The molecule has 4 amide bonds. The van der Waals surface area contributed by atoms with E-state index in [4.69, 9.17) is 0 Å². The van der Waals surface area contributed by atoms with Gasteiger partial charge >= 0.3 is 0 Å². The van der Waals surface area contributed by atoms with Gasteiger partial charge in [-0.1, -0.05) is 81.0 Å². The largest absolute Gasteiger partial charge is 0.507 e. The molecule has 5 aromatic carbocycles. The van der Waals surface area contributed by atoms with Gasteiger partial charge in [-0.2, -0.15) is 0 Å². The number of nitrogens with zero attached hydrogens (tertiary/aromatic N) is 2. The molecule has 0 aliphatic carbocycles. The summed E-state index contributed by atoms with van der Waals surface area (Å²) in [5, 5.41) is 24.9. The molecular formula is C41H38N2O6. The smallest absolute Gasteiger partial charge is 0.266 e. The zero-order chi connectivity index (χ0) is 34.7. The SMILES string of the molecule is CCCCCCCCN1C(=O)c2cccc3c(-c4c(O)cc5c6c(cccc46)C(=O)N(c4c(C)cc(C)cc4C)C5=O)c(O)cc(c23)C1=O. The van der Waals surface area contributed by atoms with Crippen molar-refractivity contribution in [2.45, 2.75) is 66.2 Å². The van der Waals surface area contributed by atoms with Gasteiger partial charge in [0.25, 0.3) is 23.6 Å². The first-order valence-electron chi connectivity index (χ1n) is 17.0. The third-order valence-corrected chi connectivity index (χ3v) is 9.94. The van der Waals surface area contributed by atoms with Crippen LogP contribution in [-0.2, 0) is 0 Å². The van der Waals surface area contributed by atoms with Crippen LogP contribution in [0.4, 0.5) is 5.69 Å². The van der Waals surface area contributed by atoms with Crippen LogP contribution >= 0.6 is 0 Å². The molecule has 248 valence electrons. The Morgan fingerprint density at radius 3 is 1.61 bits per heavy atom. The molecule has 2 N–H and O–H groups in total. The van der Waals surface area contributed by atoms with E-state index in [2.05, 4.69) is 6.92 Å². The summed E-state index contributed by atoms with van der Waals surface area (Å²) in [5.41, 5.74) is 4.47. The normalized spacial score (nSPS) is 14.1. The minimum absolute atomic E-state index is 0.156. The lowest BCUT2D eigenvalue weighted by atomic mass is 9.84. The first-order valence-corrected chi connectivity index (χ1v) is 17.0. The molecule has 5 aromatic rings. The highest BCUT2D eigenvalue weighted by Crippen LogP contribution is 2.50. The summed E-state index contributed by atoms with van der Waals surface area (Å²) >= 11 is 0. The van der Waals surface area contributed by atoms with Crippen LogP contribution in [0.25, 0.3) is 32.7 Å². The summed E-state index contributed by atoms with van der Waals surface area (Å²) in [5.74, 6) is -2.46. The number of benzene rings is 5. The van der Waals surface area contributed by atoms with E-state index in [9.17, 15) is 29.4 Å². The maximum absolute atomic E-state index is 14.1. The van der Waals surface area contributed by atoms with Crippen molar-refractivity contribution in [3.8, 4) is 22.6 Å². The van der Waals surface area contributed by atoms with E-state index < -0.39 is 23.6 Å². The van der Waals surface area contributed by atoms with Crippen LogP contribution in [-0.4, -0.2) is 45.3 Å². The monoisotopic (exact) mass is 654 g/mol. The molecule has 2 aliphatic heterocycles. The first-order chi connectivity index (χ1) is 23.5. The Labute approximate surface area is 284 Å². The average Bonchev–Trinajstić information content (AvgIpc) is 3.06. The summed E-state index contributed by atoms with van der Waals surface area (Å²) in [4.78, 5) is 58.1. The number of aromatic hydroxyl groups is 2. The summed E-state index contributed by atoms with van der Waals surface area (Å²) in [7, 11) is 0. The van der Waals surface area contributed by atoms with Crippen LogP contribution in [0.5, 0.6) is 11.5 Å². The van der Waals surface area contributed by atoms with Crippen LogP contribution < -0.4 is 4.90 Å². The number of aryl methyl sites for hydroxylation is 3. The van der Waals surface area contributed by atoms with Crippen LogP contribution in [0.15, 0.2) is 60.7 Å². The average molecular weight is 655 g/mol. The summed E-state index contributed by atoms with van der Waals surface area (Å²) in [6, 6.07) is 16.7. The second kappa shape index (κ2) is 12.2. The fourth-order valence-corrected chi connectivity index (χ4v) is 7.86. The van der Waals surface area contributed by atoms with E-state index in [1.165, 1.54) is 21.9 Å². The summed E-state index contributed by atoms with van der Waals surface area (Å²) in [6.07, 6.45) is 6.06. The quantitative estimate of drug-likeness (QED) is 0.121. The topological polar surface area (TPSA) is 115 Å². The van der Waals surface area contributed by atoms with E-state index in [1.807, 2.05) is 32.9 Å². The molecular weight excluding hydrogens is 616 g/mol.